The number of nitrogens with zero attached hydrogens (tertiary/aromatic N) is 1. The van der Waals surface area contributed by atoms with Crippen LogP contribution in [0.5, 0.6) is 0 Å². The highest BCUT2D eigenvalue weighted by atomic mass is 79.9. The number of H-pyrrole nitrogens is 2. The largest absolute Gasteiger partial charge is 0.354 e. The summed E-state index contributed by atoms with van der Waals surface area (Å²) < 4.78 is 12.0. The summed E-state index contributed by atoms with van der Waals surface area (Å²) >= 11 is 4.77. The Hall–Kier alpha value is -1.38. The maximum absolute atomic E-state index is 11.7. The van der Waals surface area contributed by atoms with Crippen LogP contribution in [0.4, 0.5) is 0 Å². The molecular formula is C14H13BrN3O4PS. The number of hydrogen-bond donors (Lipinski definition) is 4. The van der Waals surface area contributed by atoms with Gasteiger partial charge in [0.05, 0.1) is 17.4 Å². The van der Waals surface area contributed by atoms with Gasteiger partial charge in [-0.05, 0) is 30.2 Å². The fraction of sp³-hybridized carbons (Fsp3) is 0.143. The van der Waals surface area contributed by atoms with Crippen molar-refractivity contribution < 1.29 is 14.4 Å². The van der Waals surface area contributed by atoms with E-state index in [2.05, 4.69) is 30.9 Å². The quantitative estimate of drug-likeness (QED) is 0.463. The maximum atomic E-state index is 11.7. The Labute approximate surface area is 149 Å². The van der Waals surface area contributed by atoms with Gasteiger partial charge in [0.15, 0.2) is 0 Å². The summed E-state index contributed by atoms with van der Waals surface area (Å²) in [5.74, 6) is 0. The second-order valence-corrected chi connectivity index (χ2v) is 8.88. The lowest BCUT2D eigenvalue weighted by atomic mass is 10.2. The van der Waals surface area contributed by atoms with Crippen LogP contribution in [0.1, 0.15) is 5.56 Å². The monoisotopic (exact) mass is 429 g/mol. The van der Waals surface area contributed by atoms with E-state index in [1.165, 1.54) is 18.1 Å². The van der Waals surface area contributed by atoms with Crippen LogP contribution in [0.2, 0.25) is 0 Å². The molecule has 7 nitrogen and oxygen atoms in total. The van der Waals surface area contributed by atoms with Gasteiger partial charge >= 0.3 is 7.60 Å². The SMILES string of the molecule is O=c1[nH]cnc2c(Sc3ccc(Br)cc3CCP(=O)(O)O)c[nH]c12. The van der Waals surface area contributed by atoms with Crippen molar-refractivity contribution in [2.45, 2.75) is 16.2 Å². The molecule has 2 heterocycles. The highest BCUT2D eigenvalue weighted by Gasteiger charge is 2.16. The van der Waals surface area contributed by atoms with E-state index in [0.717, 1.165) is 19.8 Å². The number of hydrogen-bond acceptors (Lipinski definition) is 4. The Morgan fingerprint density at radius 3 is 2.79 bits per heavy atom. The van der Waals surface area contributed by atoms with E-state index in [4.69, 9.17) is 9.79 Å². The molecule has 4 N–H and O–H groups in total. The van der Waals surface area contributed by atoms with Crippen LogP contribution in [0, 0.1) is 0 Å². The van der Waals surface area contributed by atoms with Crippen LogP contribution >= 0.6 is 35.3 Å². The molecule has 0 radical (unpaired) electrons. The molecule has 3 aromatic rings. The van der Waals surface area contributed by atoms with Gasteiger partial charge < -0.3 is 19.8 Å². The standard InChI is InChI=1S/C14H13BrN3O4PS/c15-9-1-2-10(8(5-9)3-4-23(20,21)22)24-11-6-16-13-12(11)17-7-18-14(13)19/h1-2,5-7,16H,3-4H2,(H,17,18,19)(H2,20,21,22). The predicted molar refractivity (Wildman–Crippen MR) is 95.6 cm³/mol. The van der Waals surface area contributed by atoms with Crippen molar-refractivity contribution in [3.63, 3.8) is 0 Å². The van der Waals surface area contributed by atoms with Crippen molar-refractivity contribution in [1.29, 1.82) is 0 Å². The van der Waals surface area contributed by atoms with E-state index < -0.39 is 7.60 Å². The minimum absolute atomic E-state index is 0.219. The Kier molecular flexibility index (Phi) is 4.98. The normalized spacial score (nSPS) is 12.0. The van der Waals surface area contributed by atoms with Crippen LogP contribution in [0.3, 0.4) is 0 Å². The Bertz CT molecular complexity index is 997. The molecule has 2 aromatic heterocycles. The van der Waals surface area contributed by atoms with Crippen LogP contribution < -0.4 is 5.56 Å². The zero-order chi connectivity index (χ0) is 17.3. The number of fused-ring (bicyclic) bond motifs is 1. The molecule has 0 atom stereocenters. The third-order valence-electron chi connectivity index (χ3n) is 3.35. The van der Waals surface area contributed by atoms with Gasteiger partial charge in [-0.3, -0.25) is 9.36 Å². The summed E-state index contributed by atoms with van der Waals surface area (Å²) in [6.07, 6.45) is 3.08. The van der Waals surface area contributed by atoms with Crippen LogP contribution in [0.25, 0.3) is 11.0 Å². The smallest absolute Gasteiger partial charge is 0.325 e. The van der Waals surface area contributed by atoms with Gasteiger partial charge in [-0.15, -0.1) is 0 Å². The van der Waals surface area contributed by atoms with Gasteiger partial charge in [0.2, 0.25) is 0 Å². The summed E-state index contributed by atoms with van der Waals surface area (Å²) in [4.78, 5) is 41.2. The molecule has 0 unspecified atom stereocenters. The van der Waals surface area contributed by atoms with Gasteiger partial charge in [0.1, 0.15) is 11.0 Å². The van der Waals surface area contributed by atoms with E-state index in [1.54, 1.807) is 6.20 Å². The van der Waals surface area contributed by atoms with Crippen molar-refractivity contribution in [3.8, 4) is 0 Å². The van der Waals surface area contributed by atoms with Crippen LogP contribution in [-0.2, 0) is 11.0 Å². The molecule has 0 fully saturated rings. The van der Waals surface area contributed by atoms with Crippen molar-refractivity contribution >= 4 is 46.3 Å². The molecule has 0 aliphatic carbocycles. The van der Waals surface area contributed by atoms with Crippen LogP contribution in [0.15, 0.2) is 49.8 Å². The first-order valence-electron chi connectivity index (χ1n) is 6.89. The van der Waals surface area contributed by atoms with E-state index in [0.29, 0.717) is 11.0 Å². The molecule has 3 rings (SSSR count). The summed E-state index contributed by atoms with van der Waals surface area (Å²) in [5.41, 5.74) is 1.53. The number of halogens is 1. The number of aromatic amines is 2. The molecule has 10 heteroatoms. The highest BCUT2D eigenvalue weighted by molar-refractivity contribution is 9.10. The zero-order valence-electron chi connectivity index (χ0n) is 12.2. The molecular weight excluding hydrogens is 417 g/mol. The molecule has 0 aliphatic heterocycles. The summed E-state index contributed by atoms with van der Waals surface area (Å²) in [6, 6.07) is 5.57. The highest BCUT2D eigenvalue weighted by Crippen LogP contribution is 2.39. The second kappa shape index (κ2) is 6.85. The van der Waals surface area contributed by atoms with Gasteiger partial charge in [-0.1, -0.05) is 27.7 Å². The first-order chi connectivity index (χ1) is 11.3. The number of nitrogens with one attached hydrogen (secondary N) is 2. The zero-order valence-corrected chi connectivity index (χ0v) is 15.5. The fourth-order valence-electron chi connectivity index (χ4n) is 2.23. The van der Waals surface area contributed by atoms with Gasteiger partial charge in [0, 0.05) is 15.6 Å². The third-order valence-corrected chi connectivity index (χ3v) is 5.80. The molecule has 24 heavy (non-hydrogen) atoms. The minimum Gasteiger partial charge on any atom is -0.354 e. The summed E-state index contributed by atoms with van der Waals surface area (Å²) in [5, 5.41) is 0. The second-order valence-electron chi connectivity index (χ2n) is 5.10. The Morgan fingerprint density at radius 1 is 1.25 bits per heavy atom. The van der Waals surface area contributed by atoms with E-state index in [1.807, 2.05) is 18.2 Å². The summed E-state index contributed by atoms with van der Waals surface area (Å²) in [7, 11) is -4.07. The average molecular weight is 430 g/mol. The lowest BCUT2D eigenvalue weighted by Crippen LogP contribution is -2.05. The maximum Gasteiger partial charge on any atom is 0.325 e. The topological polar surface area (TPSA) is 119 Å². The first kappa shape index (κ1) is 17.4. The minimum atomic E-state index is -4.07. The van der Waals surface area contributed by atoms with Crippen molar-refractivity contribution in [2.24, 2.45) is 0 Å². The van der Waals surface area contributed by atoms with E-state index in [9.17, 15) is 9.36 Å². The molecule has 0 aliphatic rings. The van der Waals surface area contributed by atoms with Gasteiger partial charge in [0.25, 0.3) is 5.56 Å². The lowest BCUT2D eigenvalue weighted by Gasteiger charge is -2.10. The number of rotatable bonds is 5. The van der Waals surface area contributed by atoms with Gasteiger partial charge in [-0.25, -0.2) is 4.98 Å². The molecule has 0 bridgehead atoms. The molecule has 1 aromatic carbocycles. The van der Waals surface area contributed by atoms with Crippen molar-refractivity contribution in [1.82, 2.24) is 15.0 Å². The first-order valence-corrected chi connectivity index (χ1v) is 10.3. The Morgan fingerprint density at radius 2 is 2.04 bits per heavy atom. The Balaban J connectivity index is 1.95. The predicted octanol–water partition coefficient (Wildman–Crippen LogP) is 2.89. The van der Waals surface area contributed by atoms with Gasteiger partial charge in [-0.2, -0.15) is 0 Å². The molecule has 0 saturated heterocycles. The summed E-state index contributed by atoms with van der Waals surface area (Å²) in [6.45, 7) is 0. The molecule has 0 saturated carbocycles. The van der Waals surface area contributed by atoms with E-state index >= 15 is 0 Å². The van der Waals surface area contributed by atoms with E-state index in [-0.39, 0.29) is 18.1 Å². The number of aryl methyl sites for hydroxylation is 1. The molecule has 0 spiro atoms. The molecule has 0 amide bonds. The van der Waals surface area contributed by atoms with Crippen molar-refractivity contribution in [2.75, 3.05) is 6.16 Å². The number of benzene rings is 1. The fourth-order valence-corrected chi connectivity index (χ4v) is 4.21. The average Bonchev–Trinajstić information content (AvgIpc) is 2.91. The number of aromatic nitrogens is 3. The van der Waals surface area contributed by atoms with Crippen LogP contribution in [-0.4, -0.2) is 30.9 Å². The van der Waals surface area contributed by atoms with Crippen molar-refractivity contribution in [3.05, 3.63) is 51.1 Å². The molecule has 126 valence electrons. The lowest BCUT2D eigenvalue weighted by molar-refractivity contribution is 0.373. The third kappa shape index (κ3) is 3.99.